The quantitative estimate of drug-likeness (QED) is 0.423. The summed E-state index contributed by atoms with van der Waals surface area (Å²) < 4.78 is 0. The molecule has 0 radical (unpaired) electrons. The molecule has 0 aliphatic carbocycles. The van der Waals surface area contributed by atoms with Gasteiger partial charge >= 0.3 is 0 Å². The Morgan fingerprint density at radius 2 is 0.886 bits per heavy atom. The fourth-order valence-electron chi connectivity index (χ4n) is 4.21. The predicted molar refractivity (Wildman–Crippen MR) is 122 cm³/mol. The number of hydrogen-bond donors (Lipinski definition) is 0. The van der Waals surface area contributed by atoms with Crippen LogP contribution in [0.1, 0.15) is 52.6 Å². The second-order valence-corrected chi connectivity index (χ2v) is 7.93. The van der Waals surface area contributed by atoms with Crippen molar-refractivity contribution in [2.75, 3.05) is 9.80 Å². The third-order valence-corrected chi connectivity index (χ3v) is 5.81. The van der Waals surface area contributed by atoms with E-state index in [0.717, 1.165) is 20.9 Å². The van der Waals surface area contributed by atoms with Crippen LogP contribution in [0.4, 0.5) is 11.9 Å². The number of carbonyl (C=O) groups excluding carboxylic acids is 4. The fourth-order valence-corrected chi connectivity index (χ4v) is 4.21. The standard InChI is InChI=1S/C25H14N6O4/c32-20-16-5-3-14(12-18(16)22(34)30(20)24-26-7-1-8-27-24)11-15-4-6-17-19(13-15)23(35)31(21(17)33)25-28-9-2-10-29-25/h1-10,12-13H,11H2. The average Bonchev–Trinajstić information content (AvgIpc) is 3.28. The maximum Gasteiger partial charge on any atom is 0.268 e. The molecule has 35 heavy (non-hydrogen) atoms. The van der Waals surface area contributed by atoms with E-state index < -0.39 is 23.6 Å². The number of imide groups is 2. The molecule has 10 nitrogen and oxygen atoms in total. The summed E-state index contributed by atoms with van der Waals surface area (Å²) in [7, 11) is 0. The summed E-state index contributed by atoms with van der Waals surface area (Å²) in [5.74, 6) is -1.90. The van der Waals surface area contributed by atoms with Crippen LogP contribution in [0.3, 0.4) is 0 Å². The van der Waals surface area contributed by atoms with Crippen LogP contribution >= 0.6 is 0 Å². The number of amides is 4. The Kier molecular flexibility index (Phi) is 4.53. The van der Waals surface area contributed by atoms with E-state index in [1.165, 1.54) is 24.8 Å². The minimum Gasteiger partial charge on any atom is -0.268 e. The largest absolute Gasteiger partial charge is 0.268 e. The van der Waals surface area contributed by atoms with Crippen LogP contribution in [-0.4, -0.2) is 43.6 Å². The first kappa shape index (κ1) is 20.5. The topological polar surface area (TPSA) is 126 Å². The number of aromatic nitrogens is 4. The second kappa shape index (κ2) is 7.73. The molecule has 0 fully saturated rings. The highest BCUT2D eigenvalue weighted by atomic mass is 16.2. The molecule has 4 aromatic rings. The van der Waals surface area contributed by atoms with Gasteiger partial charge in [-0.3, -0.25) is 19.2 Å². The smallest absolute Gasteiger partial charge is 0.268 e. The van der Waals surface area contributed by atoms with Crippen molar-refractivity contribution in [1.29, 1.82) is 0 Å². The zero-order valence-electron chi connectivity index (χ0n) is 18.0. The summed E-state index contributed by atoms with van der Waals surface area (Å²) >= 11 is 0. The van der Waals surface area contributed by atoms with Crippen LogP contribution in [0.15, 0.2) is 73.3 Å². The minimum atomic E-state index is -0.494. The summed E-state index contributed by atoms with van der Waals surface area (Å²) in [5, 5.41) is 0. The molecule has 4 amide bonds. The van der Waals surface area contributed by atoms with Gasteiger partial charge in [-0.05, 0) is 53.9 Å². The molecule has 10 heteroatoms. The van der Waals surface area contributed by atoms with Gasteiger partial charge in [-0.2, -0.15) is 0 Å². The molecular formula is C25H14N6O4. The van der Waals surface area contributed by atoms with E-state index >= 15 is 0 Å². The van der Waals surface area contributed by atoms with Crippen molar-refractivity contribution in [3.8, 4) is 0 Å². The molecule has 168 valence electrons. The Bertz CT molecular complexity index is 1440. The number of rotatable bonds is 4. The number of anilines is 2. The van der Waals surface area contributed by atoms with Crippen LogP contribution in [0.5, 0.6) is 0 Å². The van der Waals surface area contributed by atoms with E-state index in [2.05, 4.69) is 19.9 Å². The van der Waals surface area contributed by atoms with Gasteiger partial charge in [0.1, 0.15) is 0 Å². The van der Waals surface area contributed by atoms with E-state index in [9.17, 15) is 19.2 Å². The molecule has 6 rings (SSSR count). The maximum absolute atomic E-state index is 12.9. The number of nitrogens with zero attached hydrogens (tertiary/aromatic N) is 6. The zero-order valence-corrected chi connectivity index (χ0v) is 18.0. The molecule has 0 atom stereocenters. The Hall–Kier alpha value is -5.12. The Morgan fingerprint density at radius 3 is 1.29 bits per heavy atom. The van der Waals surface area contributed by atoms with Crippen LogP contribution in [-0.2, 0) is 6.42 Å². The van der Waals surface area contributed by atoms with E-state index in [0.29, 0.717) is 6.42 Å². The lowest BCUT2D eigenvalue weighted by molar-refractivity contribution is 0.0907. The first-order valence-corrected chi connectivity index (χ1v) is 10.6. The van der Waals surface area contributed by atoms with Crippen molar-refractivity contribution in [2.45, 2.75) is 6.42 Å². The summed E-state index contributed by atoms with van der Waals surface area (Å²) in [6.45, 7) is 0. The van der Waals surface area contributed by atoms with Gasteiger partial charge in [0.25, 0.3) is 23.6 Å². The van der Waals surface area contributed by atoms with E-state index in [1.807, 2.05) is 0 Å². The van der Waals surface area contributed by atoms with Gasteiger partial charge in [0.15, 0.2) is 0 Å². The summed E-state index contributed by atoms with van der Waals surface area (Å²) in [4.78, 5) is 69.3. The second-order valence-electron chi connectivity index (χ2n) is 7.93. The zero-order chi connectivity index (χ0) is 24.1. The predicted octanol–water partition coefficient (Wildman–Crippen LogP) is 2.46. The van der Waals surface area contributed by atoms with Crippen LogP contribution in [0.25, 0.3) is 0 Å². The highest BCUT2D eigenvalue weighted by Gasteiger charge is 2.39. The van der Waals surface area contributed by atoms with Crippen LogP contribution in [0, 0.1) is 0 Å². The first-order chi connectivity index (χ1) is 17.0. The monoisotopic (exact) mass is 462 g/mol. The SMILES string of the molecule is O=C1c2ccc(Cc3ccc4c(c3)C(=O)N(c3ncccn3)C4=O)cc2C(=O)N1c1ncccn1. The molecule has 2 aromatic heterocycles. The molecule has 0 saturated carbocycles. The Labute approximate surface area is 197 Å². The molecule has 0 bridgehead atoms. The lowest BCUT2D eigenvalue weighted by Crippen LogP contribution is -2.31. The van der Waals surface area contributed by atoms with Crippen LogP contribution in [0.2, 0.25) is 0 Å². The van der Waals surface area contributed by atoms with Crippen LogP contribution < -0.4 is 9.80 Å². The van der Waals surface area contributed by atoms with Gasteiger partial charge in [-0.25, -0.2) is 29.7 Å². The summed E-state index contributed by atoms with van der Waals surface area (Å²) in [6, 6.07) is 13.2. The van der Waals surface area contributed by atoms with Crippen molar-refractivity contribution in [3.05, 3.63) is 107 Å². The van der Waals surface area contributed by atoms with E-state index in [-0.39, 0.29) is 34.2 Å². The van der Waals surface area contributed by atoms with Gasteiger partial charge < -0.3 is 0 Å². The van der Waals surface area contributed by atoms with Crippen molar-refractivity contribution >= 4 is 35.5 Å². The molecule has 4 heterocycles. The van der Waals surface area contributed by atoms with Gasteiger partial charge in [0.2, 0.25) is 11.9 Å². The first-order valence-electron chi connectivity index (χ1n) is 10.6. The Balaban J connectivity index is 1.29. The highest BCUT2D eigenvalue weighted by Crippen LogP contribution is 2.30. The fraction of sp³-hybridized carbons (Fsp3) is 0.0400. The number of benzene rings is 2. The Morgan fingerprint density at radius 1 is 0.514 bits per heavy atom. The molecule has 0 spiro atoms. The lowest BCUT2D eigenvalue weighted by Gasteiger charge is -2.10. The number of carbonyl (C=O) groups is 4. The van der Waals surface area contributed by atoms with E-state index in [4.69, 9.17) is 0 Å². The van der Waals surface area contributed by atoms with Gasteiger partial charge in [-0.1, -0.05) is 12.1 Å². The summed E-state index contributed by atoms with van der Waals surface area (Å²) in [5.41, 5.74) is 2.61. The van der Waals surface area contributed by atoms with Crippen molar-refractivity contribution in [1.82, 2.24) is 19.9 Å². The van der Waals surface area contributed by atoms with Gasteiger partial charge in [0.05, 0.1) is 22.3 Å². The van der Waals surface area contributed by atoms with Crippen molar-refractivity contribution in [3.63, 3.8) is 0 Å². The minimum absolute atomic E-state index is 0.0222. The van der Waals surface area contributed by atoms with Crippen molar-refractivity contribution < 1.29 is 19.2 Å². The number of fused-ring (bicyclic) bond motifs is 2. The van der Waals surface area contributed by atoms with Gasteiger partial charge in [-0.15, -0.1) is 0 Å². The highest BCUT2D eigenvalue weighted by molar-refractivity contribution is 6.34. The molecular weight excluding hydrogens is 448 g/mol. The lowest BCUT2D eigenvalue weighted by atomic mass is 9.98. The molecule has 2 aliphatic rings. The van der Waals surface area contributed by atoms with E-state index in [1.54, 1.807) is 48.5 Å². The third kappa shape index (κ3) is 3.19. The number of hydrogen-bond acceptors (Lipinski definition) is 8. The summed E-state index contributed by atoms with van der Waals surface area (Å²) in [6.07, 6.45) is 6.22. The average molecular weight is 462 g/mol. The van der Waals surface area contributed by atoms with Crippen molar-refractivity contribution in [2.24, 2.45) is 0 Å². The molecule has 2 aromatic carbocycles. The molecule has 0 N–H and O–H groups in total. The maximum atomic E-state index is 12.9. The third-order valence-electron chi connectivity index (χ3n) is 5.81. The van der Waals surface area contributed by atoms with Gasteiger partial charge in [0, 0.05) is 24.8 Å². The molecule has 0 saturated heterocycles. The molecule has 0 unspecified atom stereocenters. The normalized spacial score (nSPS) is 14.5. The molecule has 2 aliphatic heterocycles.